The Hall–Kier alpha value is 0. The third-order valence-electron chi connectivity index (χ3n) is 6.64. The van der Waals surface area contributed by atoms with Gasteiger partial charge >= 0.3 is 0 Å². The predicted molar refractivity (Wildman–Crippen MR) is 62.2 cm³/mol. The Morgan fingerprint density at radius 3 is 1.86 bits per heavy atom. The summed E-state index contributed by atoms with van der Waals surface area (Å²) in [6.45, 7) is 15.0. The SMILES string of the molecule is CC(C)[C@@]1(C)CC2CCC1(C)C2(C)C. The van der Waals surface area contributed by atoms with Gasteiger partial charge in [0.1, 0.15) is 0 Å². The first kappa shape index (κ1) is 10.5. The molecule has 2 unspecified atom stereocenters. The summed E-state index contributed by atoms with van der Waals surface area (Å²) in [6, 6.07) is 0. The predicted octanol–water partition coefficient (Wildman–Crippen LogP) is 4.49. The van der Waals surface area contributed by atoms with Crippen molar-refractivity contribution in [2.24, 2.45) is 28.1 Å². The van der Waals surface area contributed by atoms with Gasteiger partial charge in [-0.05, 0) is 47.3 Å². The minimum absolute atomic E-state index is 0.575. The number of rotatable bonds is 1. The van der Waals surface area contributed by atoms with Crippen LogP contribution in [0, 0.1) is 28.1 Å². The fourth-order valence-corrected chi connectivity index (χ4v) is 4.59. The standard InChI is InChI=1S/C14H26/c1-10(2)13(5)9-11-7-8-14(13,6)12(11,3)4/h10-11H,7-9H2,1-6H3/t11?,13-,14?/m1/s1. The van der Waals surface area contributed by atoms with Gasteiger partial charge < -0.3 is 0 Å². The molecule has 0 saturated heterocycles. The van der Waals surface area contributed by atoms with Crippen molar-refractivity contribution in [3.8, 4) is 0 Å². The summed E-state index contributed by atoms with van der Waals surface area (Å²) in [6.07, 6.45) is 4.40. The van der Waals surface area contributed by atoms with Crippen LogP contribution in [-0.4, -0.2) is 0 Å². The van der Waals surface area contributed by atoms with Crippen LogP contribution in [0.2, 0.25) is 0 Å². The van der Waals surface area contributed by atoms with Crippen LogP contribution in [0.4, 0.5) is 0 Å². The summed E-state index contributed by atoms with van der Waals surface area (Å²) in [4.78, 5) is 0. The lowest BCUT2D eigenvalue weighted by molar-refractivity contribution is -0.00796. The maximum absolute atomic E-state index is 2.56. The van der Waals surface area contributed by atoms with Crippen LogP contribution in [0.5, 0.6) is 0 Å². The van der Waals surface area contributed by atoms with Crippen LogP contribution in [0.15, 0.2) is 0 Å². The van der Waals surface area contributed by atoms with Gasteiger partial charge in [-0.2, -0.15) is 0 Å². The summed E-state index contributed by atoms with van der Waals surface area (Å²) in [5.74, 6) is 1.82. The zero-order valence-corrected chi connectivity index (χ0v) is 10.8. The third-order valence-corrected chi connectivity index (χ3v) is 6.64. The van der Waals surface area contributed by atoms with Crippen LogP contribution < -0.4 is 0 Å². The van der Waals surface area contributed by atoms with E-state index in [4.69, 9.17) is 0 Å². The summed E-state index contributed by atoms with van der Waals surface area (Å²) in [5, 5.41) is 0. The van der Waals surface area contributed by atoms with Crippen LogP contribution in [0.3, 0.4) is 0 Å². The molecule has 2 aliphatic rings. The first-order valence-electron chi connectivity index (χ1n) is 6.26. The fourth-order valence-electron chi connectivity index (χ4n) is 4.59. The van der Waals surface area contributed by atoms with E-state index in [2.05, 4.69) is 41.5 Å². The minimum Gasteiger partial charge on any atom is -0.0622 e. The highest BCUT2D eigenvalue weighted by Gasteiger charge is 2.67. The van der Waals surface area contributed by atoms with Crippen molar-refractivity contribution in [3.63, 3.8) is 0 Å². The summed E-state index contributed by atoms with van der Waals surface area (Å²) in [7, 11) is 0. The van der Waals surface area contributed by atoms with Gasteiger partial charge in [0.15, 0.2) is 0 Å². The average molecular weight is 194 g/mol. The monoisotopic (exact) mass is 194 g/mol. The van der Waals surface area contributed by atoms with E-state index in [-0.39, 0.29) is 0 Å². The molecule has 0 aromatic heterocycles. The largest absolute Gasteiger partial charge is 0.0622 e. The highest BCUT2D eigenvalue weighted by atomic mass is 14.7. The van der Waals surface area contributed by atoms with Gasteiger partial charge in [-0.15, -0.1) is 0 Å². The van der Waals surface area contributed by atoms with Gasteiger partial charge in [-0.25, -0.2) is 0 Å². The molecule has 2 rings (SSSR count). The molecule has 14 heavy (non-hydrogen) atoms. The second kappa shape index (κ2) is 2.57. The molecule has 0 heterocycles. The van der Waals surface area contributed by atoms with Crippen molar-refractivity contribution < 1.29 is 0 Å². The minimum atomic E-state index is 0.575. The molecule has 0 heteroatoms. The lowest BCUT2D eigenvalue weighted by Gasteiger charge is -2.49. The Morgan fingerprint density at radius 1 is 1.07 bits per heavy atom. The highest BCUT2D eigenvalue weighted by molar-refractivity contribution is 5.15. The zero-order valence-electron chi connectivity index (χ0n) is 10.8. The Morgan fingerprint density at radius 2 is 1.64 bits per heavy atom. The molecule has 2 saturated carbocycles. The van der Waals surface area contributed by atoms with Crippen molar-refractivity contribution >= 4 is 0 Å². The quantitative estimate of drug-likeness (QED) is 0.577. The second-order valence-corrected chi connectivity index (χ2v) is 7.07. The number of hydrogen-bond acceptors (Lipinski definition) is 0. The van der Waals surface area contributed by atoms with Gasteiger partial charge in [0.05, 0.1) is 0 Å². The van der Waals surface area contributed by atoms with Gasteiger partial charge in [-0.3, -0.25) is 0 Å². The van der Waals surface area contributed by atoms with E-state index in [0.29, 0.717) is 16.2 Å². The first-order chi connectivity index (χ1) is 6.26. The summed E-state index contributed by atoms with van der Waals surface area (Å²) >= 11 is 0. The van der Waals surface area contributed by atoms with E-state index in [1.807, 2.05) is 0 Å². The van der Waals surface area contributed by atoms with Gasteiger partial charge in [-0.1, -0.05) is 41.5 Å². The fraction of sp³-hybridized carbons (Fsp3) is 1.00. The Labute approximate surface area is 89.5 Å². The molecule has 2 aliphatic carbocycles. The topological polar surface area (TPSA) is 0 Å². The summed E-state index contributed by atoms with van der Waals surface area (Å²) < 4.78 is 0. The molecular weight excluding hydrogens is 168 g/mol. The molecule has 0 radical (unpaired) electrons. The van der Waals surface area contributed by atoms with Crippen molar-refractivity contribution in [2.45, 2.75) is 60.8 Å². The first-order valence-corrected chi connectivity index (χ1v) is 6.26. The second-order valence-electron chi connectivity index (χ2n) is 7.07. The molecule has 3 atom stereocenters. The Balaban J connectivity index is 2.45. The van der Waals surface area contributed by atoms with Crippen molar-refractivity contribution in [2.75, 3.05) is 0 Å². The summed E-state index contributed by atoms with van der Waals surface area (Å²) in [5.41, 5.74) is 1.74. The van der Waals surface area contributed by atoms with Gasteiger partial charge in [0.25, 0.3) is 0 Å². The van der Waals surface area contributed by atoms with Crippen molar-refractivity contribution in [1.82, 2.24) is 0 Å². The molecular formula is C14H26. The van der Waals surface area contributed by atoms with Crippen LogP contribution >= 0.6 is 0 Å². The van der Waals surface area contributed by atoms with E-state index in [1.165, 1.54) is 19.3 Å². The van der Waals surface area contributed by atoms with Crippen LogP contribution in [0.1, 0.15) is 60.8 Å². The molecule has 2 bridgehead atoms. The van der Waals surface area contributed by atoms with Crippen LogP contribution in [0.25, 0.3) is 0 Å². The smallest absolute Gasteiger partial charge is 0.0215 e. The number of fused-ring (bicyclic) bond motifs is 2. The average Bonchev–Trinajstić information content (AvgIpc) is 2.36. The normalized spacial score (nSPS) is 50.4. The molecule has 0 N–H and O–H groups in total. The van der Waals surface area contributed by atoms with E-state index in [0.717, 1.165) is 11.8 Å². The Kier molecular flexibility index (Phi) is 1.93. The molecule has 0 spiro atoms. The third kappa shape index (κ3) is 0.864. The highest BCUT2D eigenvalue weighted by Crippen LogP contribution is 2.74. The van der Waals surface area contributed by atoms with E-state index in [1.54, 1.807) is 0 Å². The zero-order chi connectivity index (χ0) is 10.8. The molecule has 0 nitrogen and oxygen atoms in total. The molecule has 0 aromatic carbocycles. The van der Waals surface area contributed by atoms with Crippen LogP contribution in [-0.2, 0) is 0 Å². The van der Waals surface area contributed by atoms with Crippen molar-refractivity contribution in [1.29, 1.82) is 0 Å². The Bertz CT molecular complexity index is 251. The lowest BCUT2D eigenvalue weighted by atomic mass is 9.55. The molecule has 82 valence electrons. The van der Waals surface area contributed by atoms with Gasteiger partial charge in [0.2, 0.25) is 0 Å². The van der Waals surface area contributed by atoms with E-state index < -0.39 is 0 Å². The maximum atomic E-state index is 2.56. The van der Waals surface area contributed by atoms with E-state index in [9.17, 15) is 0 Å². The lowest BCUT2D eigenvalue weighted by Crippen LogP contribution is -2.42. The number of hydrogen-bond donors (Lipinski definition) is 0. The maximum Gasteiger partial charge on any atom is -0.0215 e. The van der Waals surface area contributed by atoms with Gasteiger partial charge in [0, 0.05) is 0 Å². The van der Waals surface area contributed by atoms with E-state index >= 15 is 0 Å². The van der Waals surface area contributed by atoms with Crippen molar-refractivity contribution in [3.05, 3.63) is 0 Å². The molecule has 2 fully saturated rings. The molecule has 0 aromatic rings. The molecule has 0 amide bonds. The molecule has 0 aliphatic heterocycles.